The second-order valence-electron chi connectivity index (χ2n) is 4.44. The summed E-state index contributed by atoms with van der Waals surface area (Å²) < 4.78 is 24.6. The first kappa shape index (κ1) is 13.0. The Morgan fingerprint density at radius 1 is 1.56 bits per heavy atom. The molecule has 1 aliphatic heterocycles. The van der Waals surface area contributed by atoms with Crippen LogP contribution < -0.4 is 5.73 Å². The zero-order valence-corrected chi connectivity index (χ0v) is 10.1. The number of hydrogen-bond acceptors (Lipinski definition) is 3. The lowest BCUT2D eigenvalue weighted by Gasteiger charge is -2.10. The largest absolute Gasteiger partial charge is 0.384 e. The number of nitrogens with two attached hydrogens (primary N) is 1. The Kier molecular flexibility index (Phi) is 4.28. The number of halogens is 1. The van der Waals surface area contributed by atoms with Gasteiger partial charge >= 0.3 is 0 Å². The van der Waals surface area contributed by atoms with Crippen molar-refractivity contribution in [3.63, 3.8) is 0 Å². The van der Waals surface area contributed by atoms with E-state index in [-0.39, 0.29) is 18.0 Å². The third kappa shape index (κ3) is 3.05. The molecule has 0 spiro atoms. The second-order valence-corrected chi connectivity index (χ2v) is 4.44. The van der Waals surface area contributed by atoms with E-state index < -0.39 is 5.82 Å². The van der Waals surface area contributed by atoms with E-state index in [1.165, 1.54) is 6.07 Å². The summed E-state index contributed by atoms with van der Waals surface area (Å²) in [5, 5.41) is 7.27. The van der Waals surface area contributed by atoms with E-state index in [1.54, 1.807) is 12.1 Å². The molecule has 98 valence electrons. The molecule has 1 saturated heterocycles. The number of ether oxygens (including phenoxy) is 2. The second kappa shape index (κ2) is 5.93. The molecule has 1 aromatic carbocycles. The molecule has 3 N–H and O–H groups in total. The van der Waals surface area contributed by atoms with E-state index in [9.17, 15) is 4.39 Å². The topological polar surface area (TPSA) is 68.3 Å². The third-order valence-electron chi connectivity index (χ3n) is 3.00. The summed E-state index contributed by atoms with van der Waals surface area (Å²) in [6.07, 6.45) is 0.996. The summed E-state index contributed by atoms with van der Waals surface area (Å²) in [5.41, 5.74) is 5.85. The van der Waals surface area contributed by atoms with Crippen molar-refractivity contribution in [1.82, 2.24) is 0 Å². The molecule has 0 aliphatic carbocycles. The molecule has 0 aromatic heterocycles. The Morgan fingerprint density at radius 3 is 3.06 bits per heavy atom. The van der Waals surface area contributed by atoms with E-state index in [4.69, 9.17) is 20.6 Å². The fourth-order valence-corrected chi connectivity index (χ4v) is 1.95. The molecule has 4 nitrogen and oxygen atoms in total. The minimum absolute atomic E-state index is 0.125. The summed E-state index contributed by atoms with van der Waals surface area (Å²) in [7, 11) is 0. The first-order valence-corrected chi connectivity index (χ1v) is 5.95. The fraction of sp³-hybridized carbons (Fsp3) is 0.462. The van der Waals surface area contributed by atoms with Gasteiger partial charge in [-0.05, 0) is 12.5 Å². The van der Waals surface area contributed by atoms with Crippen molar-refractivity contribution in [2.45, 2.75) is 13.0 Å². The summed E-state index contributed by atoms with van der Waals surface area (Å²) in [6.45, 7) is 2.27. The van der Waals surface area contributed by atoms with Gasteiger partial charge in [0.25, 0.3) is 0 Å². The van der Waals surface area contributed by atoms with E-state index >= 15 is 0 Å². The maximum Gasteiger partial charge on any atom is 0.139 e. The highest BCUT2D eigenvalue weighted by Crippen LogP contribution is 2.16. The lowest BCUT2D eigenvalue weighted by atomic mass is 10.1. The standard InChI is InChI=1S/C13H17FN2O2/c14-12-10(2-1-3-11(12)13(15)16)8-18-7-9-4-5-17-6-9/h1-3,9H,4-8H2,(H3,15,16). The van der Waals surface area contributed by atoms with Crippen LogP contribution in [0.2, 0.25) is 0 Å². The van der Waals surface area contributed by atoms with E-state index in [2.05, 4.69) is 0 Å². The normalized spacial score (nSPS) is 19.1. The van der Waals surface area contributed by atoms with Crippen molar-refractivity contribution < 1.29 is 13.9 Å². The average molecular weight is 252 g/mol. The van der Waals surface area contributed by atoms with Crippen LogP contribution in [0.1, 0.15) is 17.5 Å². The van der Waals surface area contributed by atoms with Gasteiger partial charge in [0.15, 0.2) is 0 Å². The monoisotopic (exact) mass is 252 g/mol. The Labute approximate surface area is 105 Å². The number of nitrogen functional groups attached to an aromatic ring is 1. The van der Waals surface area contributed by atoms with Gasteiger partial charge in [-0.3, -0.25) is 5.41 Å². The summed E-state index contributed by atoms with van der Waals surface area (Å²) in [5.74, 6) is -0.324. The summed E-state index contributed by atoms with van der Waals surface area (Å²) >= 11 is 0. The van der Waals surface area contributed by atoms with Crippen LogP contribution >= 0.6 is 0 Å². The van der Waals surface area contributed by atoms with E-state index in [0.29, 0.717) is 18.1 Å². The van der Waals surface area contributed by atoms with Gasteiger partial charge < -0.3 is 15.2 Å². The highest BCUT2D eigenvalue weighted by atomic mass is 19.1. The Hall–Kier alpha value is -1.46. The van der Waals surface area contributed by atoms with Crippen molar-refractivity contribution in [1.29, 1.82) is 5.41 Å². The maximum absolute atomic E-state index is 13.9. The van der Waals surface area contributed by atoms with Crippen molar-refractivity contribution in [3.8, 4) is 0 Å². The molecule has 2 rings (SSSR count). The van der Waals surface area contributed by atoms with Gasteiger partial charge in [-0.1, -0.05) is 12.1 Å². The van der Waals surface area contributed by atoms with E-state index in [0.717, 1.165) is 19.6 Å². The average Bonchev–Trinajstić information content (AvgIpc) is 2.84. The molecule has 0 saturated carbocycles. The zero-order valence-electron chi connectivity index (χ0n) is 10.1. The molecule has 5 heteroatoms. The minimum atomic E-state index is -0.465. The van der Waals surface area contributed by atoms with Crippen LogP contribution in [0.3, 0.4) is 0 Å². The van der Waals surface area contributed by atoms with Gasteiger partial charge in [0, 0.05) is 18.1 Å². The molecule has 1 unspecified atom stereocenters. The quantitative estimate of drug-likeness (QED) is 0.618. The lowest BCUT2D eigenvalue weighted by Crippen LogP contribution is -2.15. The third-order valence-corrected chi connectivity index (χ3v) is 3.00. The number of rotatable bonds is 5. The molecule has 0 amide bonds. The first-order valence-electron chi connectivity index (χ1n) is 5.95. The highest BCUT2D eigenvalue weighted by Gasteiger charge is 2.16. The SMILES string of the molecule is N=C(N)c1cccc(COCC2CCOC2)c1F. The smallest absolute Gasteiger partial charge is 0.139 e. The molecule has 18 heavy (non-hydrogen) atoms. The molecular formula is C13H17FN2O2. The fourth-order valence-electron chi connectivity index (χ4n) is 1.95. The van der Waals surface area contributed by atoms with Gasteiger partial charge in [0.2, 0.25) is 0 Å². The minimum Gasteiger partial charge on any atom is -0.384 e. The Bertz CT molecular complexity index is 431. The number of amidine groups is 1. The highest BCUT2D eigenvalue weighted by molar-refractivity contribution is 5.95. The summed E-state index contributed by atoms with van der Waals surface area (Å²) in [6, 6.07) is 4.82. The molecule has 0 radical (unpaired) electrons. The zero-order chi connectivity index (χ0) is 13.0. The Morgan fingerprint density at radius 2 is 2.39 bits per heavy atom. The van der Waals surface area contributed by atoms with Gasteiger partial charge in [-0.2, -0.15) is 0 Å². The Balaban J connectivity index is 1.92. The number of nitrogens with one attached hydrogen (secondary N) is 1. The van der Waals surface area contributed by atoms with Crippen molar-refractivity contribution in [3.05, 3.63) is 35.1 Å². The van der Waals surface area contributed by atoms with Gasteiger partial charge in [-0.15, -0.1) is 0 Å². The lowest BCUT2D eigenvalue weighted by molar-refractivity contribution is 0.0775. The van der Waals surface area contributed by atoms with Crippen LogP contribution in [0.15, 0.2) is 18.2 Å². The molecule has 0 bridgehead atoms. The predicted molar refractivity (Wildman–Crippen MR) is 66.0 cm³/mol. The van der Waals surface area contributed by atoms with Crippen LogP contribution in [0.5, 0.6) is 0 Å². The van der Waals surface area contributed by atoms with Gasteiger partial charge in [0.05, 0.1) is 25.4 Å². The summed E-state index contributed by atoms with van der Waals surface area (Å²) in [4.78, 5) is 0. The molecule has 1 atom stereocenters. The number of hydrogen-bond donors (Lipinski definition) is 2. The van der Waals surface area contributed by atoms with Crippen LogP contribution in [0.25, 0.3) is 0 Å². The van der Waals surface area contributed by atoms with Gasteiger partial charge in [-0.25, -0.2) is 4.39 Å². The molecule has 1 aliphatic rings. The van der Waals surface area contributed by atoms with Crippen LogP contribution in [-0.4, -0.2) is 25.7 Å². The van der Waals surface area contributed by atoms with Crippen molar-refractivity contribution in [2.24, 2.45) is 11.7 Å². The first-order chi connectivity index (χ1) is 8.68. The molecule has 1 fully saturated rings. The van der Waals surface area contributed by atoms with Gasteiger partial charge in [0.1, 0.15) is 11.7 Å². The molecular weight excluding hydrogens is 235 g/mol. The van der Waals surface area contributed by atoms with Crippen molar-refractivity contribution in [2.75, 3.05) is 19.8 Å². The molecule has 1 aromatic rings. The predicted octanol–water partition coefficient (Wildman–Crippen LogP) is 1.66. The number of benzene rings is 1. The van der Waals surface area contributed by atoms with Crippen LogP contribution in [-0.2, 0) is 16.1 Å². The van der Waals surface area contributed by atoms with E-state index in [1.807, 2.05) is 0 Å². The van der Waals surface area contributed by atoms with Crippen molar-refractivity contribution >= 4 is 5.84 Å². The maximum atomic E-state index is 13.9. The van der Waals surface area contributed by atoms with Crippen LogP contribution in [0, 0.1) is 17.1 Å². The van der Waals surface area contributed by atoms with Crippen LogP contribution in [0.4, 0.5) is 4.39 Å². The molecule has 1 heterocycles.